The van der Waals surface area contributed by atoms with Crippen LogP contribution in [-0.2, 0) is 13.6 Å². The Kier molecular flexibility index (Phi) is 5.37. The van der Waals surface area contributed by atoms with Crippen LogP contribution < -0.4 is 0 Å². The summed E-state index contributed by atoms with van der Waals surface area (Å²) in [6.07, 6.45) is 12.3. The second-order valence-electron chi connectivity index (χ2n) is 8.11. The molecule has 4 rings (SSSR count). The van der Waals surface area contributed by atoms with Crippen molar-refractivity contribution >= 4 is 7.60 Å². The standard InChI is InChI=1S/C18H33O3P/c1-3-5-8-22(19,20-4-2)21-7-6-18-12-15-9-16(13-18)11-17(10-15)14-18/h15-17H,3-14H2,1-2H3. The van der Waals surface area contributed by atoms with Crippen LogP contribution >= 0.6 is 7.60 Å². The first-order valence-electron chi connectivity index (χ1n) is 9.44. The van der Waals surface area contributed by atoms with E-state index in [2.05, 4.69) is 6.92 Å². The minimum Gasteiger partial charge on any atom is -0.309 e. The quantitative estimate of drug-likeness (QED) is 0.514. The predicted octanol–water partition coefficient (Wildman–Crippen LogP) is 5.64. The molecule has 4 heteroatoms. The second-order valence-corrected chi connectivity index (χ2v) is 10.3. The van der Waals surface area contributed by atoms with Gasteiger partial charge in [0.2, 0.25) is 0 Å². The third kappa shape index (κ3) is 3.79. The predicted molar refractivity (Wildman–Crippen MR) is 90.2 cm³/mol. The fourth-order valence-electron chi connectivity index (χ4n) is 5.71. The van der Waals surface area contributed by atoms with Gasteiger partial charge in [0.25, 0.3) is 0 Å². The topological polar surface area (TPSA) is 35.5 Å². The van der Waals surface area contributed by atoms with Crippen LogP contribution in [0.5, 0.6) is 0 Å². The van der Waals surface area contributed by atoms with Crippen molar-refractivity contribution in [3.8, 4) is 0 Å². The van der Waals surface area contributed by atoms with Gasteiger partial charge in [0.15, 0.2) is 0 Å². The van der Waals surface area contributed by atoms with Crippen LogP contribution in [0.1, 0.15) is 71.6 Å². The van der Waals surface area contributed by atoms with E-state index in [1.807, 2.05) is 6.92 Å². The number of hydrogen-bond donors (Lipinski definition) is 0. The molecule has 0 spiro atoms. The summed E-state index contributed by atoms with van der Waals surface area (Å²) in [5.41, 5.74) is 0.510. The monoisotopic (exact) mass is 328 g/mol. The van der Waals surface area contributed by atoms with Crippen LogP contribution in [0.2, 0.25) is 0 Å². The molecule has 3 nitrogen and oxygen atoms in total. The molecule has 0 saturated heterocycles. The summed E-state index contributed by atoms with van der Waals surface area (Å²) < 4.78 is 24.0. The molecule has 0 radical (unpaired) electrons. The Morgan fingerprint density at radius 3 is 2.09 bits per heavy atom. The van der Waals surface area contributed by atoms with E-state index in [-0.39, 0.29) is 0 Å². The Labute approximate surface area is 136 Å². The molecule has 0 aliphatic heterocycles. The molecule has 4 aliphatic carbocycles. The van der Waals surface area contributed by atoms with Crippen LogP contribution in [0.3, 0.4) is 0 Å². The molecule has 0 heterocycles. The van der Waals surface area contributed by atoms with Crippen molar-refractivity contribution in [1.82, 2.24) is 0 Å². The second kappa shape index (κ2) is 6.95. The van der Waals surface area contributed by atoms with Gasteiger partial charge < -0.3 is 9.05 Å². The van der Waals surface area contributed by atoms with E-state index >= 15 is 0 Å². The van der Waals surface area contributed by atoms with Gasteiger partial charge in [0.1, 0.15) is 0 Å². The molecule has 4 bridgehead atoms. The highest BCUT2D eigenvalue weighted by Crippen LogP contribution is 2.61. The largest absolute Gasteiger partial charge is 0.330 e. The van der Waals surface area contributed by atoms with Gasteiger partial charge in [-0.05, 0) is 81.5 Å². The van der Waals surface area contributed by atoms with E-state index in [4.69, 9.17) is 9.05 Å². The molecule has 1 unspecified atom stereocenters. The highest BCUT2D eigenvalue weighted by atomic mass is 31.2. The lowest BCUT2D eigenvalue weighted by Gasteiger charge is -2.57. The van der Waals surface area contributed by atoms with Crippen molar-refractivity contribution < 1.29 is 13.6 Å². The third-order valence-electron chi connectivity index (χ3n) is 6.20. The van der Waals surface area contributed by atoms with Crippen molar-refractivity contribution in [3.63, 3.8) is 0 Å². The maximum absolute atomic E-state index is 12.7. The smallest absolute Gasteiger partial charge is 0.309 e. The molecule has 0 amide bonds. The molecule has 0 aromatic heterocycles. The van der Waals surface area contributed by atoms with Crippen LogP contribution in [0.25, 0.3) is 0 Å². The molecule has 128 valence electrons. The summed E-state index contributed by atoms with van der Waals surface area (Å²) in [7, 11) is -2.85. The molecule has 4 saturated carbocycles. The van der Waals surface area contributed by atoms with Crippen molar-refractivity contribution in [2.75, 3.05) is 19.4 Å². The van der Waals surface area contributed by atoms with Gasteiger partial charge in [-0.1, -0.05) is 13.3 Å². The molecular formula is C18H33O3P. The first kappa shape index (κ1) is 17.0. The maximum atomic E-state index is 12.7. The van der Waals surface area contributed by atoms with Crippen LogP contribution in [-0.4, -0.2) is 19.4 Å². The Hall–Kier alpha value is 0.150. The normalized spacial score (nSPS) is 39.1. The molecule has 22 heavy (non-hydrogen) atoms. The van der Waals surface area contributed by atoms with Gasteiger partial charge >= 0.3 is 7.60 Å². The summed E-state index contributed by atoms with van der Waals surface area (Å²) >= 11 is 0. The Morgan fingerprint density at radius 2 is 1.59 bits per heavy atom. The molecule has 0 N–H and O–H groups in total. The third-order valence-corrected chi connectivity index (χ3v) is 8.29. The van der Waals surface area contributed by atoms with Gasteiger partial charge in [-0.15, -0.1) is 0 Å². The molecule has 4 aliphatic rings. The zero-order chi connectivity index (χ0) is 15.6. The molecular weight excluding hydrogens is 295 g/mol. The van der Waals surface area contributed by atoms with Gasteiger partial charge in [-0.2, -0.15) is 0 Å². The maximum Gasteiger partial charge on any atom is 0.330 e. The van der Waals surface area contributed by atoms with E-state index in [1.165, 1.54) is 38.5 Å². The summed E-state index contributed by atoms with van der Waals surface area (Å²) in [6, 6.07) is 0. The van der Waals surface area contributed by atoms with E-state index in [0.717, 1.165) is 37.0 Å². The first-order chi connectivity index (χ1) is 10.6. The molecule has 4 fully saturated rings. The summed E-state index contributed by atoms with van der Waals surface area (Å²) in [5, 5.41) is 0. The van der Waals surface area contributed by atoms with E-state index in [1.54, 1.807) is 0 Å². The lowest BCUT2D eigenvalue weighted by atomic mass is 9.49. The highest BCUT2D eigenvalue weighted by Gasteiger charge is 2.50. The zero-order valence-electron chi connectivity index (χ0n) is 14.4. The number of rotatable bonds is 9. The molecule has 0 aromatic rings. The summed E-state index contributed by atoms with van der Waals surface area (Å²) in [4.78, 5) is 0. The fraction of sp³-hybridized carbons (Fsp3) is 1.00. The van der Waals surface area contributed by atoms with Gasteiger partial charge in [0, 0.05) is 0 Å². The fourth-order valence-corrected chi connectivity index (χ4v) is 7.51. The van der Waals surface area contributed by atoms with Crippen LogP contribution in [0.15, 0.2) is 0 Å². The average molecular weight is 328 g/mol. The number of unbranched alkanes of at least 4 members (excludes halogenated alkanes) is 1. The molecule has 1 atom stereocenters. The van der Waals surface area contributed by atoms with E-state index in [9.17, 15) is 4.57 Å². The van der Waals surface area contributed by atoms with Crippen molar-refractivity contribution in [3.05, 3.63) is 0 Å². The average Bonchev–Trinajstić information content (AvgIpc) is 2.44. The Balaban J connectivity index is 1.52. The Bertz CT molecular complexity index is 385. The van der Waals surface area contributed by atoms with Crippen LogP contribution in [0, 0.1) is 23.2 Å². The lowest BCUT2D eigenvalue weighted by molar-refractivity contribution is -0.0627. The van der Waals surface area contributed by atoms with E-state index < -0.39 is 7.60 Å². The summed E-state index contributed by atoms with van der Waals surface area (Å²) in [5.74, 6) is 2.93. The molecule has 0 aromatic carbocycles. The Morgan fingerprint density at radius 1 is 1.00 bits per heavy atom. The number of hydrogen-bond acceptors (Lipinski definition) is 3. The van der Waals surface area contributed by atoms with E-state index in [0.29, 0.717) is 24.8 Å². The highest BCUT2D eigenvalue weighted by molar-refractivity contribution is 7.53. The van der Waals surface area contributed by atoms with Crippen molar-refractivity contribution in [2.45, 2.75) is 71.6 Å². The van der Waals surface area contributed by atoms with Gasteiger partial charge in [-0.25, -0.2) is 0 Å². The minimum atomic E-state index is -2.85. The summed E-state index contributed by atoms with van der Waals surface area (Å²) in [6.45, 7) is 5.14. The van der Waals surface area contributed by atoms with Gasteiger partial charge in [-0.3, -0.25) is 4.57 Å². The lowest BCUT2D eigenvalue weighted by Crippen LogP contribution is -2.46. The van der Waals surface area contributed by atoms with Crippen LogP contribution in [0.4, 0.5) is 0 Å². The SMILES string of the molecule is CCCCP(=O)(OCC)OCCC12CC3CC(CC(C3)C1)C2. The van der Waals surface area contributed by atoms with Crippen molar-refractivity contribution in [1.29, 1.82) is 0 Å². The zero-order valence-corrected chi connectivity index (χ0v) is 15.3. The first-order valence-corrected chi connectivity index (χ1v) is 11.2. The van der Waals surface area contributed by atoms with Crippen molar-refractivity contribution in [2.24, 2.45) is 23.2 Å². The van der Waals surface area contributed by atoms with Gasteiger partial charge in [0.05, 0.1) is 19.4 Å². The minimum absolute atomic E-state index is 0.484.